The molecule has 0 bridgehead atoms. The van der Waals surface area contributed by atoms with Gasteiger partial charge in [-0.25, -0.2) is 0 Å². The molecule has 0 aromatic heterocycles. The van der Waals surface area contributed by atoms with Crippen LogP contribution in [0, 0.1) is 0 Å². The van der Waals surface area contributed by atoms with E-state index in [0.29, 0.717) is 0 Å². The van der Waals surface area contributed by atoms with E-state index >= 15 is 0 Å². The molecule has 0 radical (unpaired) electrons. The fourth-order valence-electron chi connectivity index (χ4n) is 1.21. The van der Waals surface area contributed by atoms with Crippen molar-refractivity contribution < 1.29 is 25.0 Å². The minimum atomic E-state index is 0. The fraction of sp³-hybridized carbons (Fsp3) is 1.00. The molecule has 0 saturated carbocycles. The molecule has 1 rings (SSSR count). The van der Waals surface area contributed by atoms with E-state index in [1.807, 2.05) is 0 Å². The van der Waals surface area contributed by atoms with Crippen LogP contribution in [0.2, 0.25) is 0 Å². The molecule has 0 unspecified atom stereocenters. The van der Waals surface area contributed by atoms with E-state index in [4.69, 9.17) is 0 Å². The first-order chi connectivity index (χ1) is 6.00. The van der Waals surface area contributed by atoms with Gasteiger partial charge in [-0.1, -0.05) is 0 Å². The first-order valence-corrected chi connectivity index (χ1v) is 4.83. The van der Waals surface area contributed by atoms with Crippen LogP contribution in [0.15, 0.2) is 0 Å². The second-order valence-electron chi connectivity index (χ2n) is 3.00. The first-order valence-electron chi connectivity index (χ1n) is 4.83. The Bertz CT molecular complexity index is 64.3. The quantitative estimate of drug-likeness (QED) is 0.362. The second-order valence-corrected chi connectivity index (χ2v) is 3.00. The predicted octanol–water partition coefficient (Wildman–Crippen LogP) is -2.47. The van der Waals surface area contributed by atoms with Crippen LogP contribution in [0.1, 0.15) is 0 Å². The Balaban J connectivity index is 0. The molecule has 6 heteroatoms. The van der Waals surface area contributed by atoms with Crippen LogP contribution < -0.4 is 21.3 Å². The molecule has 14 heavy (non-hydrogen) atoms. The molecule has 0 amide bonds. The number of hydrogen-bond acceptors (Lipinski definition) is 4. The smallest absolute Gasteiger partial charge is 0.00772 e. The van der Waals surface area contributed by atoms with E-state index in [1.165, 1.54) is 0 Å². The SMILES string of the molecule is C1CNCCNCCNCCN1.O.[Zn]. The fourth-order valence-corrected chi connectivity index (χ4v) is 1.21. The third-order valence-electron chi connectivity index (χ3n) is 1.91. The van der Waals surface area contributed by atoms with Crippen LogP contribution in [-0.4, -0.2) is 57.8 Å². The zero-order valence-electron chi connectivity index (χ0n) is 8.86. The van der Waals surface area contributed by atoms with Crippen LogP contribution in [0.5, 0.6) is 0 Å². The number of rotatable bonds is 0. The van der Waals surface area contributed by atoms with Crippen LogP contribution in [-0.2, 0) is 19.5 Å². The Kier molecular flexibility index (Phi) is 16.1. The monoisotopic (exact) mass is 254 g/mol. The van der Waals surface area contributed by atoms with E-state index in [9.17, 15) is 0 Å². The molecule has 1 aliphatic rings. The van der Waals surface area contributed by atoms with Crippen molar-refractivity contribution in [2.45, 2.75) is 0 Å². The third-order valence-corrected chi connectivity index (χ3v) is 1.91. The normalized spacial score (nSPS) is 20.6. The number of nitrogens with one attached hydrogen (secondary N) is 4. The summed E-state index contributed by atoms with van der Waals surface area (Å²) in [7, 11) is 0. The molecule has 1 saturated heterocycles. The van der Waals surface area contributed by atoms with E-state index in [1.54, 1.807) is 0 Å². The van der Waals surface area contributed by atoms with Gasteiger partial charge in [-0.15, -0.1) is 0 Å². The molecular weight excluding hydrogens is 234 g/mol. The zero-order chi connectivity index (χ0) is 8.49. The Morgan fingerprint density at radius 3 is 0.714 bits per heavy atom. The van der Waals surface area contributed by atoms with Gasteiger partial charge in [-0.3, -0.25) is 0 Å². The molecule has 1 heterocycles. The van der Waals surface area contributed by atoms with Crippen molar-refractivity contribution in [1.82, 2.24) is 21.3 Å². The standard InChI is InChI=1S/C8H20N4.H2O.Zn/c1-2-10-5-6-12-8-7-11-4-3-9-1;;/h9-12H,1-8H2;1H2;. The van der Waals surface area contributed by atoms with Crippen LogP contribution >= 0.6 is 0 Å². The minimum Gasteiger partial charge on any atom is -0.412 e. The van der Waals surface area contributed by atoms with Gasteiger partial charge in [0.2, 0.25) is 0 Å². The van der Waals surface area contributed by atoms with Gasteiger partial charge in [0.1, 0.15) is 0 Å². The largest absolute Gasteiger partial charge is 0.412 e. The molecule has 0 aliphatic carbocycles. The molecule has 6 N–H and O–H groups in total. The maximum absolute atomic E-state index is 3.36. The van der Waals surface area contributed by atoms with E-state index in [2.05, 4.69) is 21.3 Å². The van der Waals surface area contributed by atoms with Gasteiger partial charge < -0.3 is 26.7 Å². The van der Waals surface area contributed by atoms with Gasteiger partial charge in [-0.05, 0) is 0 Å². The predicted molar refractivity (Wildman–Crippen MR) is 55.1 cm³/mol. The molecule has 0 aromatic rings. The van der Waals surface area contributed by atoms with E-state index < -0.39 is 0 Å². The van der Waals surface area contributed by atoms with Crippen molar-refractivity contribution in [3.05, 3.63) is 0 Å². The van der Waals surface area contributed by atoms with Crippen LogP contribution in [0.3, 0.4) is 0 Å². The Morgan fingerprint density at radius 2 is 0.571 bits per heavy atom. The van der Waals surface area contributed by atoms with Crippen molar-refractivity contribution >= 4 is 0 Å². The summed E-state index contributed by atoms with van der Waals surface area (Å²) in [5, 5.41) is 13.4. The van der Waals surface area contributed by atoms with Gasteiger partial charge in [0, 0.05) is 71.8 Å². The summed E-state index contributed by atoms with van der Waals surface area (Å²) in [6, 6.07) is 0. The van der Waals surface area contributed by atoms with E-state index in [0.717, 1.165) is 52.4 Å². The summed E-state index contributed by atoms with van der Waals surface area (Å²) < 4.78 is 0. The summed E-state index contributed by atoms with van der Waals surface area (Å²) in [5.41, 5.74) is 0. The van der Waals surface area contributed by atoms with Crippen molar-refractivity contribution in [3.8, 4) is 0 Å². The maximum Gasteiger partial charge on any atom is 0.00772 e. The molecule has 82 valence electrons. The average molecular weight is 256 g/mol. The Hall–Kier alpha value is 0.423. The van der Waals surface area contributed by atoms with Gasteiger partial charge in [0.05, 0.1) is 0 Å². The van der Waals surface area contributed by atoms with Crippen molar-refractivity contribution in [1.29, 1.82) is 0 Å². The third kappa shape index (κ3) is 10.5. The van der Waals surface area contributed by atoms with Crippen molar-refractivity contribution in [2.24, 2.45) is 0 Å². The zero-order valence-corrected chi connectivity index (χ0v) is 11.8. The van der Waals surface area contributed by atoms with Gasteiger partial charge in [0.15, 0.2) is 0 Å². The van der Waals surface area contributed by atoms with Crippen LogP contribution in [0.25, 0.3) is 0 Å². The Labute approximate surface area is 98.9 Å². The van der Waals surface area contributed by atoms with Crippen molar-refractivity contribution in [3.63, 3.8) is 0 Å². The van der Waals surface area contributed by atoms with Gasteiger partial charge in [-0.2, -0.15) is 0 Å². The topological polar surface area (TPSA) is 79.6 Å². The molecule has 1 aliphatic heterocycles. The first kappa shape index (κ1) is 16.8. The van der Waals surface area contributed by atoms with Crippen molar-refractivity contribution in [2.75, 3.05) is 52.4 Å². The Morgan fingerprint density at radius 1 is 0.429 bits per heavy atom. The molecule has 5 nitrogen and oxygen atoms in total. The van der Waals surface area contributed by atoms with Gasteiger partial charge in [0.25, 0.3) is 0 Å². The minimum absolute atomic E-state index is 0. The van der Waals surface area contributed by atoms with E-state index in [-0.39, 0.29) is 25.0 Å². The average Bonchev–Trinajstić information content (AvgIpc) is 2.05. The molecular formula is C8H22N4OZn. The number of hydrogen-bond donors (Lipinski definition) is 4. The maximum atomic E-state index is 3.36. The second kappa shape index (κ2) is 13.4. The summed E-state index contributed by atoms with van der Waals surface area (Å²) in [6.45, 7) is 8.57. The summed E-state index contributed by atoms with van der Waals surface area (Å²) in [6.07, 6.45) is 0. The molecule has 0 atom stereocenters. The summed E-state index contributed by atoms with van der Waals surface area (Å²) in [4.78, 5) is 0. The molecule has 0 aromatic carbocycles. The summed E-state index contributed by atoms with van der Waals surface area (Å²) >= 11 is 0. The van der Waals surface area contributed by atoms with Gasteiger partial charge >= 0.3 is 0 Å². The molecule has 1 fully saturated rings. The molecule has 0 spiro atoms. The summed E-state index contributed by atoms with van der Waals surface area (Å²) in [5.74, 6) is 0. The van der Waals surface area contributed by atoms with Crippen LogP contribution in [0.4, 0.5) is 0 Å².